The molecule has 1 aliphatic heterocycles. The van der Waals surface area contributed by atoms with Gasteiger partial charge in [-0.25, -0.2) is 4.39 Å². The molecule has 30 heavy (non-hydrogen) atoms. The molecule has 0 aromatic heterocycles. The number of allylic oxidation sites excluding steroid dienone is 2. The van der Waals surface area contributed by atoms with Crippen molar-refractivity contribution in [2.75, 3.05) is 6.54 Å². The fourth-order valence-electron chi connectivity index (χ4n) is 3.44. The third kappa shape index (κ3) is 5.11. The number of nitrogens with zero attached hydrogens (tertiary/aromatic N) is 1. The maximum atomic E-state index is 15.0. The number of hydrogen-bond donors (Lipinski definition) is 1. The fourth-order valence-corrected chi connectivity index (χ4v) is 3.96. The molecule has 0 spiro atoms. The van der Waals surface area contributed by atoms with Crippen LogP contribution in [0.1, 0.15) is 49.9 Å². The molecule has 0 amide bonds. The first-order chi connectivity index (χ1) is 14.4. The van der Waals surface area contributed by atoms with Crippen molar-refractivity contribution < 1.29 is 9.13 Å². The van der Waals surface area contributed by atoms with Crippen molar-refractivity contribution in [3.05, 3.63) is 87.4 Å². The summed E-state index contributed by atoms with van der Waals surface area (Å²) in [6.07, 6.45) is 4.95. The second-order valence-electron chi connectivity index (χ2n) is 8.13. The van der Waals surface area contributed by atoms with Crippen LogP contribution in [-0.2, 0) is 0 Å². The van der Waals surface area contributed by atoms with Gasteiger partial charge in [0.15, 0.2) is 0 Å². The summed E-state index contributed by atoms with van der Waals surface area (Å²) in [4.78, 5) is 0. The van der Waals surface area contributed by atoms with E-state index in [4.69, 9.17) is 27.9 Å². The average Bonchev–Trinajstić information content (AvgIpc) is 3.53. The standard InChI is InChI=1S/C24H25Cl2FN2O/c1-15(2)24-12-20(30-19-5-3-4-17(10-19)16-6-7-16)13-29(28-24)14-23(27)21-9-8-18(25)11-22(21)26/h3-5,8-13,15-16,23,28H,6-7,14H2,1-2H3. The van der Waals surface area contributed by atoms with Crippen LogP contribution in [0.25, 0.3) is 0 Å². The Balaban J connectivity index is 1.52. The van der Waals surface area contributed by atoms with Crippen molar-refractivity contribution in [1.29, 1.82) is 0 Å². The van der Waals surface area contributed by atoms with Crippen LogP contribution in [0.5, 0.6) is 5.75 Å². The lowest BCUT2D eigenvalue weighted by molar-refractivity contribution is 0.191. The molecule has 1 saturated carbocycles. The number of hydrogen-bond acceptors (Lipinski definition) is 3. The van der Waals surface area contributed by atoms with Gasteiger partial charge in [0.25, 0.3) is 0 Å². The van der Waals surface area contributed by atoms with Crippen molar-refractivity contribution in [1.82, 2.24) is 10.4 Å². The zero-order valence-corrected chi connectivity index (χ0v) is 18.6. The number of hydrazine groups is 1. The number of benzene rings is 2. The molecule has 1 fully saturated rings. The SMILES string of the molecule is CC(C)C1=CC(Oc2cccc(C3CC3)c2)=CN(CC(F)c2ccc(Cl)cc2Cl)N1. The van der Waals surface area contributed by atoms with Crippen molar-refractivity contribution in [3.63, 3.8) is 0 Å². The molecule has 0 radical (unpaired) electrons. The van der Waals surface area contributed by atoms with Crippen LogP contribution in [0.2, 0.25) is 10.0 Å². The highest BCUT2D eigenvalue weighted by atomic mass is 35.5. The van der Waals surface area contributed by atoms with E-state index in [-0.39, 0.29) is 12.5 Å². The molecule has 6 heteroatoms. The molecule has 2 aliphatic rings. The topological polar surface area (TPSA) is 24.5 Å². The zero-order chi connectivity index (χ0) is 21.3. The normalized spacial score (nSPS) is 17.3. The van der Waals surface area contributed by atoms with E-state index in [1.807, 2.05) is 18.2 Å². The molecule has 2 aromatic carbocycles. The molecule has 1 heterocycles. The Morgan fingerprint density at radius 1 is 1.17 bits per heavy atom. The summed E-state index contributed by atoms with van der Waals surface area (Å²) in [5.74, 6) is 2.35. The van der Waals surface area contributed by atoms with Crippen LogP contribution in [0.4, 0.5) is 4.39 Å². The molecular formula is C24H25Cl2FN2O. The van der Waals surface area contributed by atoms with Crippen LogP contribution in [0.3, 0.4) is 0 Å². The van der Waals surface area contributed by atoms with Crippen LogP contribution in [-0.4, -0.2) is 11.6 Å². The Kier molecular flexibility index (Phi) is 6.26. The molecule has 0 bridgehead atoms. The summed E-state index contributed by atoms with van der Waals surface area (Å²) < 4.78 is 21.2. The Morgan fingerprint density at radius 2 is 1.97 bits per heavy atom. The Hall–Kier alpha value is -2.17. The van der Waals surface area contributed by atoms with E-state index < -0.39 is 6.17 Å². The molecular weight excluding hydrogens is 422 g/mol. The minimum atomic E-state index is -1.29. The summed E-state index contributed by atoms with van der Waals surface area (Å²) in [5, 5.41) is 2.52. The average molecular weight is 447 g/mol. The number of halogens is 3. The van der Waals surface area contributed by atoms with Gasteiger partial charge in [-0.3, -0.25) is 5.01 Å². The highest BCUT2D eigenvalue weighted by molar-refractivity contribution is 6.35. The largest absolute Gasteiger partial charge is 0.456 e. The summed E-state index contributed by atoms with van der Waals surface area (Å²) in [7, 11) is 0. The maximum Gasteiger partial charge on any atom is 0.146 e. The predicted octanol–water partition coefficient (Wildman–Crippen LogP) is 7.16. The van der Waals surface area contributed by atoms with E-state index >= 15 is 4.39 Å². The smallest absolute Gasteiger partial charge is 0.146 e. The third-order valence-corrected chi connectivity index (χ3v) is 5.84. The monoisotopic (exact) mass is 446 g/mol. The minimum absolute atomic E-state index is 0.0837. The van der Waals surface area contributed by atoms with Crippen LogP contribution >= 0.6 is 23.2 Å². The molecule has 3 nitrogen and oxygen atoms in total. The third-order valence-electron chi connectivity index (χ3n) is 5.28. The van der Waals surface area contributed by atoms with E-state index in [1.54, 1.807) is 29.4 Å². The van der Waals surface area contributed by atoms with Gasteiger partial charge < -0.3 is 10.2 Å². The molecule has 0 saturated heterocycles. The van der Waals surface area contributed by atoms with Crippen molar-refractivity contribution in [2.24, 2.45) is 5.92 Å². The van der Waals surface area contributed by atoms with Gasteiger partial charge in [-0.2, -0.15) is 0 Å². The second kappa shape index (κ2) is 8.91. The predicted molar refractivity (Wildman–Crippen MR) is 120 cm³/mol. The van der Waals surface area contributed by atoms with Gasteiger partial charge in [-0.15, -0.1) is 0 Å². The van der Waals surface area contributed by atoms with E-state index in [1.165, 1.54) is 18.4 Å². The number of ether oxygens (including phenoxy) is 1. The highest BCUT2D eigenvalue weighted by Crippen LogP contribution is 2.41. The molecule has 2 aromatic rings. The molecule has 1 N–H and O–H groups in total. The quantitative estimate of drug-likeness (QED) is 0.487. The van der Waals surface area contributed by atoms with Crippen molar-refractivity contribution >= 4 is 23.2 Å². The van der Waals surface area contributed by atoms with Crippen LogP contribution in [0, 0.1) is 5.92 Å². The van der Waals surface area contributed by atoms with Crippen molar-refractivity contribution in [3.8, 4) is 5.75 Å². The number of rotatable bonds is 7. The zero-order valence-electron chi connectivity index (χ0n) is 17.0. The van der Waals surface area contributed by atoms with E-state index in [9.17, 15) is 0 Å². The Labute approximate surface area is 187 Å². The van der Waals surface area contributed by atoms with Gasteiger partial charge >= 0.3 is 0 Å². The van der Waals surface area contributed by atoms with Gasteiger partial charge in [0.1, 0.15) is 17.7 Å². The molecule has 1 unspecified atom stereocenters. The van der Waals surface area contributed by atoms with Gasteiger partial charge in [0.2, 0.25) is 0 Å². The van der Waals surface area contributed by atoms with E-state index in [0.29, 0.717) is 27.3 Å². The van der Waals surface area contributed by atoms with Gasteiger partial charge in [0.05, 0.1) is 12.7 Å². The number of alkyl halides is 1. The number of nitrogens with one attached hydrogen (secondary N) is 1. The van der Waals surface area contributed by atoms with E-state index in [2.05, 4.69) is 31.4 Å². The van der Waals surface area contributed by atoms with Gasteiger partial charge in [-0.1, -0.05) is 55.2 Å². The molecule has 4 rings (SSSR count). The van der Waals surface area contributed by atoms with Gasteiger partial charge in [0, 0.05) is 27.4 Å². The summed E-state index contributed by atoms with van der Waals surface area (Å²) in [6.45, 7) is 4.24. The Bertz CT molecular complexity index is 985. The summed E-state index contributed by atoms with van der Waals surface area (Å²) in [6, 6.07) is 13.1. The van der Waals surface area contributed by atoms with E-state index in [0.717, 1.165) is 11.4 Å². The maximum absolute atomic E-state index is 15.0. The molecule has 1 aliphatic carbocycles. The lowest BCUT2D eigenvalue weighted by Crippen LogP contribution is -2.39. The molecule has 158 valence electrons. The van der Waals surface area contributed by atoms with Crippen LogP contribution < -0.4 is 10.2 Å². The lowest BCUT2D eigenvalue weighted by Gasteiger charge is -2.31. The van der Waals surface area contributed by atoms with Gasteiger partial charge in [-0.05, 0) is 54.5 Å². The summed E-state index contributed by atoms with van der Waals surface area (Å²) in [5.41, 5.74) is 5.95. The first-order valence-corrected chi connectivity index (χ1v) is 11.0. The first kappa shape index (κ1) is 21.1. The van der Waals surface area contributed by atoms with Crippen molar-refractivity contribution in [2.45, 2.75) is 38.8 Å². The summed E-state index contributed by atoms with van der Waals surface area (Å²) >= 11 is 12.1. The second-order valence-corrected chi connectivity index (χ2v) is 8.98. The first-order valence-electron chi connectivity index (χ1n) is 10.2. The lowest BCUT2D eigenvalue weighted by atomic mass is 10.1. The van der Waals surface area contributed by atoms with Crippen LogP contribution in [0.15, 0.2) is 66.2 Å². The molecule has 1 atom stereocenters. The highest BCUT2D eigenvalue weighted by Gasteiger charge is 2.24. The fraction of sp³-hybridized carbons (Fsp3) is 0.333. The Morgan fingerprint density at radius 3 is 2.67 bits per heavy atom. The minimum Gasteiger partial charge on any atom is -0.456 e.